The van der Waals surface area contributed by atoms with E-state index in [-0.39, 0.29) is 57.8 Å². The van der Waals surface area contributed by atoms with Crippen LogP contribution in [0.2, 0.25) is 0 Å². The Morgan fingerprint density at radius 1 is 0.889 bits per heavy atom. The van der Waals surface area contributed by atoms with E-state index in [0.717, 1.165) is 38.5 Å². The van der Waals surface area contributed by atoms with Crippen molar-refractivity contribution in [2.24, 2.45) is 11.8 Å². The zero-order valence-electron chi connectivity index (χ0n) is 16.7. The minimum absolute atomic E-state index is 0.0392. The van der Waals surface area contributed by atoms with Crippen molar-refractivity contribution in [2.75, 3.05) is 0 Å². The molecule has 0 aromatic carbocycles. The Hall–Kier alpha value is -0.790. The van der Waals surface area contributed by atoms with E-state index in [0.29, 0.717) is 0 Å². The molecule has 152 valence electrons. The number of carbonyl (C=O) groups excluding carboxylic acids is 2. The van der Waals surface area contributed by atoms with E-state index in [1.165, 1.54) is 0 Å². The van der Waals surface area contributed by atoms with Gasteiger partial charge in [0.25, 0.3) is 0 Å². The Bertz CT molecular complexity index is 579. The number of nitrogens with one attached hydrogen (secondary N) is 2. The van der Waals surface area contributed by atoms with Gasteiger partial charge in [0.1, 0.15) is 0 Å². The van der Waals surface area contributed by atoms with Gasteiger partial charge in [-0.2, -0.15) is 0 Å². The van der Waals surface area contributed by atoms with E-state index in [1.807, 2.05) is 13.8 Å². The molecular formula is C20H32N2O4S. The summed E-state index contributed by atoms with van der Waals surface area (Å²) in [6, 6.07) is 0. The molecule has 0 aromatic rings. The Morgan fingerprint density at radius 2 is 1.30 bits per heavy atom. The zero-order valence-corrected chi connectivity index (χ0v) is 17.6. The molecule has 2 N–H and O–H groups in total. The SMILES string of the molecule is CC(NC(=O)C1CCC2(C)OC2C1)SC(C)NC(=O)C1CCC2(C)OC2C1. The molecule has 7 heteroatoms. The van der Waals surface area contributed by atoms with Gasteiger partial charge in [0.15, 0.2) is 0 Å². The van der Waals surface area contributed by atoms with Crippen LogP contribution in [0.15, 0.2) is 0 Å². The molecule has 0 radical (unpaired) electrons. The lowest BCUT2D eigenvalue weighted by Gasteiger charge is -2.26. The minimum atomic E-state index is -0.0392. The van der Waals surface area contributed by atoms with Crippen LogP contribution in [0.25, 0.3) is 0 Å². The predicted octanol–water partition coefficient (Wildman–Crippen LogP) is 2.56. The third-order valence-corrected chi connectivity index (χ3v) is 7.94. The minimum Gasteiger partial charge on any atom is -0.366 e. The fraction of sp³-hybridized carbons (Fsp3) is 0.900. The first-order valence-electron chi connectivity index (χ1n) is 10.3. The van der Waals surface area contributed by atoms with Crippen molar-refractivity contribution >= 4 is 23.6 Å². The van der Waals surface area contributed by atoms with Gasteiger partial charge in [0, 0.05) is 11.8 Å². The number of thioether (sulfide) groups is 1. The Kier molecular flexibility index (Phi) is 5.00. The topological polar surface area (TPSA) is 83.3 Å². The molecule has 4 fully saturated rings. The van der Waals surface area contributed by atoms with Crippen LogP contribution in [0.4, 0.5) is 0 Å². The highest BCUT2D eigenvalue weighted by molar-refractivity contribution is 8.00. The molecule has 0 aromatic heterocycles. The van der Waals surface area contributed by atoms with Crippen molar-refractivity contribution in [1.82, 2.24) is 10.6 Å². The van der Waals surface area contributed by atoms with Crippen LogP contribution in [0.5, 0.6) is 0 Å². The summed E-state index contributed by atoms with van der Waals surface area (Å²) in [6.07, 6.45) is 5.90. The van der Waals surface area contributed by atoms with Crippen LogP contribution in [0, 0.1) is 11.8 Å². The first kappa shape index (κ1) is 19.5. The first-order valence-corrected chi connectivity index (χ1v) is 11.2. The van der Waals surface area contributed by atoms with Gasteiger partial charge < -0.3 is 20.1 Å². The number of epoxide rings is 2. The predicted molar refractivity (Wildman–Crippen MR) is 104 cm³/mol. The normalized spacial score (nSPS) is 44.3. The van der Waals surface area contributed by atoms with Crippen molar-refractivity contribution in [2.45, 2.75) is 100 Å². The molecule has 8 unspecified atom stereocenters. The molecule has 2 aliphatic heterocycles. The van der Waals surface area contributed by atoms with E-state index >= 15 is 0 Å². The Morgan fingerprint density at radius 3 is 1.67 bits per heavy atom. The molecule has 6 nitrogen and oxygen atoms in total. The molecule has 0 bridgehead atoms. The summed E-state index contributed by atoms with van der Waals surface area (Å²) in [7, 11) is 0. The van der Waals surface area contributed by atoms with Gasteiger partial charge >= 0.3 is 0 Å². The second-order valence-corrected chi connectivity index (χ2v) is 10.9. The maximum atomic E-state index is 12.5. The van der Waals surface area contributed by atoms with Crippen molar-refractivity contribution in [3.8, 4) is 0 Å². The van der Waals surface area contributed by atoms with Gasteiger partial charge in [0.2, 0.25) is 11.8 Å². The standard InChI is InChI=1S/C20H32N2O4S/c1-11(21-17(23)13-5-7-19(3)15(9-13)25-19)27-12(2)22-18(24)14-6-8-20(4)16(10-14)26-20/h11-16H,5-10H2,1-4H3,(H,21,23)(H,22,24). The molecular weight excluding hydrogens is 364 g/mol. The molecule has 2 heterocycles. The van der Waals surface area contributed by atoms with Crippen molar-refractivity contribution in [3.05, 3.63) is 0 Å². The number of hydrogen-bond acceptors (Lipinski definition) is 5. The summed E-state index contributed by atoms with van der Waals surface area (Å²) >= 11 is 1.58. The van der Waals surface area contributed by atoms with Crippen LogP contribution in [-0.4, -0.2) is 46.0 Å². The van der Waals surface area contributed by atoms with Gasteiger partial charge in [-0.05, 0) is 66.2 Å². The number of carbonyl (C=O) groups is 2. The average Bonchev–Trinajstić information content (AvgIpc) is 3.45. The monoisotopic (exact) mass is 396 g/mol. The quantitative estimate of drug-likeness (QED) is 0.533. The van der Waals surface area contributed by atoms with Crippen molar-refractivity contribution < 1.29 is 19.1 Å². The van der Waals surface area contributed by atoms with Gasteiger partial charge in [-0.1, -0.05) is 0 Å². The highest BCUT2D eigenvalue weighted by Gasteiger charge is 2.57. The maximum Gasteiger partial charge on any atom is 0.224 e. The molecule has 0 spiro atoms. The van der Waals surface area contributed by atoms with Gasteiger partial charge in [-0.3, -0.25) is 9.59 Å². The zero-order chi connectivity index (χ0) is 19.4. The summed E-state index contributed by atoms with van der Waals surface area (Å²) in [4.78, 5) is 25.0. The van der Waals surface area contributed by atoms with Gasteiger partial charge in [-0.25, -0.2) is 0 Å². The summed E-state index contributed by atoms with van der Waals surface area (Å²) in [6.45, 7) is 8.24. The summed E-state index contributed by atoms with van der Waals surface area (Å²) in [5.74, 6) is 0.328. The summed E-state index contributed by atoms with van der Waals surface area (Å²) < 4.78 is 11.4. The number of fused-ring (bicyclic) bond motifs is 2. The molecule has 2 saturated heterocycles. The number of ether oxygens (including phenoxy) is 2. The lowest BCUT2D eigenvalue weighted by molar-refractivity contribution is -0.126. The van der Waals surface area contributed by atoms with Crippen LogP contribution in [0.3, 0.4) is 0 Å². The molecule has 4 aliphatic rings. The van der Waals surface area contributed by atoms with E-state index in [2.05, 4.69) is 24.5 Å². The summed E-state index contributed by atoms with van der Waals surface area (Å²) in [5.41, 5.74) is 0.0794. The van der Waals surface area contributed by atoms with Crippen molar-refractivity contribution in [1.29, 1.82) is 0 Å². The molecule has 4 rings (SSSR count). The molecule has 2 saturated carbocycles. The summed E-state index contributed by atoms with van der Waals surface area (Å²) in [5, 5.41) is 6.12. The molecule has 2 aliphatic carbocycles. The highest BCUT2D eigenvalue weighted by atomic mass is 32.2. The fourth-order valence-electron chi connectivity index (χ4n) is 4.78. The van der Waals surface area contributed by atoms with Crippen molar-refractivity contribution in [3.63, 3.8) is 0 Å². The van der Waals surface area contributed by atoms with Crippen LogP contribution < -0.4 is 10.6 Å². The van der Waals surface area contributed by atoms with Gasteiger partial charge in [-0.15, -0.1) is 11.8 Å². The van der Waals surface area contributed by atoms with Crippen LogP contribution in [0.1, 0.15) is 66.2 Å². The van der Waals surface area contributed by atoms with E-state index in [1.54, 1.807) is 11.8 Å². The maximum absolute atomic E-state index is 12.5. The van der Waals surface area contributed by atoms with E-state index in [4.69, 9.17) is 9.47 Å². The molecule has 2 amide bonds. The second-order valence-electron chi connectivity index (χ2n) is 9.22. The Balaban J connectivity index is 1.17. The first-order chi connectivity index (χ1) is 12.7. The van der Waals surface area contributed by atoms with Crippen LogP contribution in [-0.2, 0) is 19.1 Å². The van der Waals surface area contributed by atoms with E-state index in [9.17, 15) is 9.59 Å². The second kappa shape index (κ2) is 6.92. The fourth-order valence-corrected chi connectivity index (χ4v) is 5.76. The molecule has 27 heavy (non-hydrogen) atoms. The lowest BCUT2D eigenvalue weighted by Crippen LogP contribution is -2.42. The lowest BCUT2D eigenvalue weighted by atomic mass is 9.82. The molecule has 8 atom stereocenters. The van der Waals surface area contributed by atoms with E-state index < -0.39 is 0 Å². The Labute approximate surface area is 165 Å². The number of amides is 2. The highest BCUT2D eigenvalue weighted by Crippen LogP contribution is 2.50. The van der Waals surface area contributed by atoms with Crippen LogP contribution >= 0.6 is 11.8 Å². The number of rotatable bonds is 6. The average molecular weight is 397 g/mol. The van der Waals surface area contributed by atoms with Gasteiger partial charge in [0.05, 0.1) is 34.2 Å². The largest absolute Gasteiger partial charge is 0.366 e. The smallest absolute Gasteiger partial charge is 0.224 e. The third-order valence-electron chi connectivity index (χ3n) is 6.89. The number of hydrogen-bond donors (Lipinski definition) is 2. The third kappa shape index (κ3) is 4.15.